The molecule has 0 aliphatic heterocycles. The number of fused-ring (bicyclic) bond motifs is 1. The number of amides is 1. The van der Waals surface area contributed by atoms with Gasteiger partial charge in [0.25, 0.3) is 0 Å². The molecule has 4 nitrogen and oxygen atoms in total. The van der Waals surface area contributed by atoms with Crippen LogP contribution in [0.15, 0.2) is 30.3 Å². The van der Waals surface area contributed by atoms with E-state index >= 15 is 0 Å². The highest BCUT2D eigenvalue weighted by Crippen LogP contribution is 2.18. The summed E-state index contributed by atoms with van der Waals surface area (Å²) >= 11 is 5.92. The lowest BCUT2D eigenvalue weighted by molar-refractivity contribution is -0.120. The Hall–Kier alpha value is -1.65. The van der Waals surface area contributed by atoms with Gasteiger partial charge in [0, 0.05) is 23.6 Å². The van der Waals surface area contributed by atoms with E-state index in [-0.39, 0.29) is 18.9 Å². The lowest BCUT2D eigenvalue weighted by Crippen LogP contribution is -2.26. The first-order valence-electron chi connectivity index (χ1n) is 6.12. The summed E-state index contributed by atoms with van der Waals surface area (Å²) in [6.45, 7) is 0.557. The molecule has 0 saturated carbocycles. The van der Waals surface area contributed by atoms with Gasteiger partial charge in [-0.3, -0.25) is 9.78 Å². The molecule has 0 spiro atoms. The quantitative estimate of drug-likeness (QED) is 0.822. The number of hydrogen-bond donors (Lipinski definition) is 2. The summed E-state index contributed by atoms with van der Waals surface area (Å²) in [6.07, 6.45) is 0.792. The summed E-state index contributed by atoms with van der Waals surface area (Å²) in [5.74, 6) is -0.0951. The maximum atomic E-state index is 11.6. The number of halogens is 1. The average molecular weight is 279 g/mol. The molecular formula is C14H15ClN2O2. The second-order valence-electron chi connectivity index (χ2n) is 4.24. The first-order valence-corrected chi connectivity index (χ1v) is 6.49. The summed E-state index contributed by atoms with van der Waals surface area (Å²) < 4.78 is 0. The van der Waals surface area contributed by atoms with Gasteiger partial charge in [-0.1, -0.05) is 23.7 Å². The van der Waals surface area contributed by atoms with Gasteiger partial charge in [0.05, 0.1) is 17.6 Å². The molecule has 0 bridgehead atoms. The number of aliphatic hydroxyl groups is 1. The van der Waals surface area contributed by atoms with Crippen molar-refractivity contribution in [2.45, 2.75) is 12.8 Å². The molecule has 5 heteroatoms. The SMILES string of the molecule is O=C(Cc1ccc2ccc(Cl)cc2n1)NCCCO. The predicted octanol–water partition coefficient (Wildman–Crippen LogP) is 1.93. The topological polar surface area (TPSA) is 62.2 Å². The Labute approximate surface area is 116 Å². The fraction of sp³-hybridized carbons (Fsp3) is 0.286. The van der Waals surface area contributed by atoms with E-state index in [0.717, 1.165) is 10.9 Å². The van der Waals surface area contributed by atoms with Crippen LogP contribution in [0.2, 0.25) is 5.02 Å². The summed E-state index contributed by atoms with van der Waals surface area (Å²) in [4.78, 5) is 16.0. The predicted molar refractivity (Wildman–Crippen MR) is 75.2 cm³/mol. The summed E-state index contributed by atoms with van der Waals surface area (Å²) in [7, 11) is 0. The molecule has 0 radical (unpaired) electrons. The second kappa shape index (κ2) is 6.50. The van der Waals surface area contributed by atoms with E-state index in [2.05, 4.69) is 10.3 Å². The Morgan fingerprint density at radius 3 is 2.89 bits per heavy atom. The molecule has 0 unspecified atom stereocenters. The van der Waals surface area contributed by atoms with E-state index < -0.39 is 0 Å². The Balaban J connectivity index is 2.06. The zero-order valence-electron chi connectivity index (χ0n) is 10.4. The number of aromatic nitrogens is 1. The fourth-order valence-corrected chi connectivity index (χ4v) is 1.93. The molecule has 0 saturated heterocycles. The largest absolute Gasteiger partial charge is 0.396 e. The normalized spacial score (nSPS) is 10.6. The molecule has 2 N–H and O–H groups in total. The van der Waals surface area contributed by atoms with Crippen LogP contribution >= 0.6 is 11.6 Å². The number of nitrogens with one attached hydrogen (secondary N) is 1. The van der Waals surface area contributed by atoms with Crippen molar-refractivity contribution in [1.29, 1.82) is 0 Å². The number of nitrogens with zero attached hydrogens (tertiary/aromatic N) is 1. The van der Waals surface area contributed by atoms with E-state index in [9.17, 15) is 4.79 Å². The van der Waals surface area contributed by atoms with Crippen LogP contribution in [0.3, 0.4) is 0 Å². The summed E-state index contributed by atoms with van der Waals surface area (Å²) in [6, 6.07) is 9.25. The third-order valence-corrected chi connectivity index (χ3v) is 2.95. The third kappa shape index (κ3) is 3.91. The van der Waals surface area contributed by atoms with Gasteiger partial charge in [0.15, 0.2) is 0 Å². The van der Waals surface area contributed by atoms with Crippen molar-refractivity contribution in [1.82, 2.24) is 10.3 Å². The average Bonchev–Trinajstić information content (AvgIpc) is 2.38. The van der Waals surface area contributed by atoms with E-state index in [4.69, 9.17) is 16.7 Å². The Bertz CT molecular complexity index is 587. The van der Waals surface area contributed by atoms with Gasteiger partial charge in [0.1, 0.15) is 0 Å². The van der Waals surface area contributed by atoms with Gasteiger partial charge in [-0.2, -0.15) is 0 Å². The molecule has 0 aliphatic rings. The van der Waals surface area contributed by atoms with Crippen molar-refractivity contribution < 1.29 is 9.90 Å². The number of benzene rings is 1. The highest BCUT2D eigenvalue weighted by Gasteiger charge is 2.05. The summed E-state index contributed by atoms with van der Waals surface area (Å²) in [5, 5.41) is 13.0. The van der Waals surface area contributed by atoms with Gasteiger partial charge in [-0.15, -0.1) is 0 Å². The van der Waals surface area contributed by atoms with Crippen molar-refractivity contribution in [3.63, 3.8) is 0 Å². The third-order valence-electron chi connectivity index (χ3n) is 2.71. The van der Waals surface area contributed by atoms with E-state index in [1.165, 1.54) is 0 Å². The zero-order chi connectivity index (χ0) is 13.7. The molecule has 0 aliphatic carbocycles. The minimum Gasteiger partial charge on any atom is -0.396 e. The number of carbonyl (C=O) groups is 1. The lowest BCUT2D eigenvalue weighted by Gasteiger charge is -2.05. The number of pyridine rings is 1. The van der Waals surface area contributed by atoms with Crippen LogP contribution < -0.4 is 5.32 Å². The minimum absolute atomic E-state index is 0.0764. The molecule has 0 atom stereocenters. The van der Waals surface area contributed by atoms with Gasteiger partial charge >= 0.3 is 0 Å². The second-order valence-corrected chi connectivity index (χ2v) is 4.68. The van der Waals surface area contributed by atoms with Crippen molar-refractivity contribution in [2.24, 2.45) is 0 Å². The highest BCUT2D eigenvalue weighted by atomic mass is 35.5. The first-order chi connectivity index (χ1) is 9.19. The standard InChI is InChI=1S/C14H15ClN2O2/c15-11-4-2-10-3-5-12(17-13(10)8-11)9-14(19)16-6-1-7-18/h2-5,8,18H,1,6-7,9H2,(H,16,19). The highest BCUT2D eigenvalue weighted by molar-refractivity contribution is 6.31. The molecule has 2 aromatic rings. The number of aliphatic hydroxyl groups excluding tert-OH is 1. The van der Waals surface area contributed by atoms with Crippen LogP contribution in [0.25, 0.3) is 10.9 Å². The summed E-state index contributed by atoms with van der Waals surface area (Å²) in [5.41, 5.74) is 1.49. The molecule has 0 fully saturated rings. The molecule has 19 heavy (non-hydrogen) atoms. The number of carbonyl (C=O) groups excluding carboxylic acids is 1. The van der Waals surface area contributed by atoms with Crippen LogP contribution in [-0.2, 0) is 11.2 Å². The van der Waals surface area contributed by atoms with Crippen LogP contribution in [0.5, 0.6) is 0 Å². The molecule has 1 amide bonds. The zero-order valence-corrected chi connectivity index (χ0v) is 11.2. The van der Waals surface area contributed by atoms with Crippen molar-refractivity contribution >= 4 is 28.4 Å². The number of hydrogen-bond acceptors (Lipinski definition) is 3. The maximum Gasteiger partial charge on any atom is 0.226 e. The minimum atomic E-state index is -0.0951. The molecule has 1 heterocycles. The van der Waals surface area contributed by atoms with E-state index in [0.29, 0.717) is 23.7 Å². The fourth-order valence-electron chi connectivity index (χ4n) is 1.76. The Morgan fingerprint density at radius 2 is 2.11 bits per heavy atom. The van der Waals surface area contributed by atoms with Crippen molar-refractivity contribution in [3.05, 3.63) is 41.0 Å². The van der Waals surface area contributed by atoms with Crippen molar-refractivity contribution in [3.8, 4) is 0 Å². The van der Waals surface area contributed by atoms with Gasteiger partial charge in [-0.05, 0) is 24.6 Å². The van der Waals surface area contributed by atoms with E-state index in [1.807, 2.05) is 24.3 Å². The number of rotatable bonds is 5. The van der Waals surface area contributed by atoms with Crippen LogP contribution in [-0.4, -0.2) is 29.1 Å². The van der Waals surface area contributed by atoms with Crippen LogP contribution in [0, 0.1) is 0 Å². The molecule has 100 valence electrons. The molecule has 1 aromatic carbocycles. The Kier molecular flexibility index (Phi) is 4.71. The van der Waals surface area contributed by atoms with Crippen LogP contribution in [0.1, 0.15) is 12.1 Å². The molecule has 1 aromatic heterocycles. The monoisotopic (exact) mass is 278 g/mol. The smallest absolute Gasteiger partial charge is 0.226 e. The van der Waals surface area contributed by atoms with Crippen molar-refractivity contribution in [2.75, 3.05) is 13.2 Å². The first kappa shape index (κ1) is 13.8. The van der Waals surface area contributed by atoms with E-state index in [1.54, 1.807) is 6.07 Å². The van der Waals surface area contributed by atoms with Gasteiger partial charge in [0.2, 0.25) is 5.91 Å². The van der Waals surface area contributed by atoms with Crippen LogP contribution in [0.4, 0.5) is 0 Å². The Morgan fingerprint density at radius 1 is 1.32 bits per heavy atom. The molecular weight excluding hydrogens is 264 g/mol. The lowest BCUT2D eigenvalue weighted by atomic mass is 10.2. The molecule has 2 rings (SSSR count). The van der Waals surface area contributed by atoms with Gasteiger partial charge < -0.3 is 10.4 Å². The van der Waals surface area contributed by atoms with Gasteiger partial charge in [-0.25, -0.2) is 0 Å². The maximum absolute atomic E-state index is 11.6.